The maximum absolute atomic E-state index is 13.8. The fraction of sp³-hybridized carbons (Fsp3) is 0.600. The highest BCUT2D eigenvalue weighted by atomic mass is 32.2. The molecule has 0 saturated carbocycles. The van der Waals surface area contributed by atoms with Crippen LogP contribution < -0.4 is 11.1 Å². The molecule has 1 unspecified atom stereocenters. The largest absolute Gasteiger partial charge is 0.396 e. The normalized spacial score (nSPS) is 19.9. The molecule has 1 saturated heterocycles. The quantitative estimate of drug-likeness (QED) is 0.626. The van der Waals surface area contributed by atoms with Crippen molar-refractivity contribution < 1.29 is 8.78 Å². The van der Waals surface area contributed by atoms with Gasteiger partial charge < -0.3 is 11.1 Å². The second-order valence-electron chi connectivity index (χ2n) is 5.29. The molecule has 1 aliphatic rings. The molecule has 6 heteroatoms. The summed E-state index contributed by atoms with van der Waals surface area (Å²) in [5.74, 6) is 0.142. The molecule has 1 aromatic rings. The second kappa shape index (κ2) is 7.96. The summed E-state index contributed by atoms with van der Waals surface area (Å²) in [6.45, 7) is 5.00. The van der Waals surface area contributed by atoms with Crippen LogP contribution >= 0.6 is 11.9 Å². The van der Waals surface area contributed by atoms with Gasteiger partial charge in [0, 0.05) is 37.0 Å². The van der Waals surface area contributed by atoms with Gasteiger partial charge in [-0.25, -0.2) is 13.1 Å². The van der Waals surface area contributed by atoms with Gasteiger partial charge >= 0.3 is 0 Å². The zero-order valence-electron chi connectivity index (χ0n) is 12.4. The van der Waals surface area contributed by atoms with Gasteiger partial charge in [-0.2, -0.15) is 0 Å². The number of nitrogens with one attached hydrogen (secondary N) is 1. The van der Waals surface area contributed by atoms with Crippen molar-refractivity contribution in [1.29, 1.82) is 0 Å². The van der Waals surface area contributed by atoms with E-state index in [1.165, 1.54) is 0 Å². The first-order valence-electron chi connectivity index (χ1n) is 7.46. The van der Waals surface area contributed by atoms with Crippen molar-refractivity contribution in [3.05, 3.63) is 29.3 Å². The van der Waals surface area contributed by atoms with Crippen molar-refractivity contribution in [2.24, 2.45) is 0 Å². The Labute approximate surface area is 129 Å². The molecule has 3 nitrogen and oxygen atoms in total. The van der Waals surface area contributed by atoms with Crippen LogP contribution in [0, 0.1) is 11.6 Å². The Morgan fingerprint density at radius 3 is 2.90 bits per heavy atom. The van der Waals surface area contributed by atoms with Crippen molar-refractivity contribution in [3.63, 3.8) is 0 Å². The minimum absolute atomic E-state index is 0.0495. The zero-order valence-corrected chi connectivity index (χ0v) is 13.2. The van der Waals surface area contributed by atoms with Gasteiger partial charge in [-0.05, 0) is 31.4 Å². The molecule has 3 N–H and O–H groups in total. The van der Waals surface area contributed by atoms with E-state index in [1.54, 1.807) is 0 Å². The number of nitrogens with zero attached hydrogens (tertiary/aromatic N) is 1. The second-order valence-corrected chi connectivity index (χ2v) is 6.43. The average Bonchev–Trinajstić information content (AvgIpc) is 2.50. The van der Waals surface area contributed by atoms with E-state index in [9.17, 15) is 8.78 Å². The van der Waals surface area contributed by atoms with Crippen molar-refractivity contribution in [1.82, 2.24) is 9.62 Å². The molecule has 0 radical (unpaired) electrons. The Bertz CT molecular complexity index is 470. The molecule has 1 heterocycles. The summed E-state index contributed by atoms with van der Waals surface area (Å²) in [5, 5.41) is 3.36. The number of anilines is 1. The lowest BCUT2D eigenvalue weighted by Crippen LogP contribution is -2.48. The van der Waals surface area contributed by atoms with Gasteiger partial charge in [0.05, 0.1) is 5.69 Å². The van der Waals surface area contributed by atoms with Crippen molar-refractivity contribution >= 4 is 17.6 Å². The molecule has 0 spiro atoms. The highest BCUT2D eigenvalue weighted by Crippen LogP contribution is 2.25. The van der Waals surface area contributed by atoms with Crippen LogP contribution in [0.25, 0.3) is 0 Å². The molecule has 21 heavy (non-hydrogen) atoms. The first kappa shape index (κ1) is 16.5. The lowest BCUT2D eigenvalue weighted by molar-refractivity contribution is 0.277. The van der Waals surface area contributed by atoms with Gasteiger partial charge in [0.15, 0.2) is 0 Å². The molecule has 0 aliphatic carbocycles. The summed E-state index contributed by atoms with van der Waals surface area (Å²) in [4.78, 5) is 0. The van der Waals surface area contributed by atoms with E-state index in [1.807, 2.05) is 11.9 Å². The number of nitrogen functional groups attached to an aromatic ring is 1. The average molecular weight is 315 g/mol. The van der Waals surface area contributed by atoms with Crippen LogP contribution in [0.1, 0.15) is 25.3 Å². The number of hydrogen-bond acceptors (Lipinski definition) is 4. The minimum atomic E-state index is -0.537. The molecule has 0 amide bonds. The van der Waals surface area contributed by atoms with Gasteiger partial charge in [-0.3, -0.25) is 0 Å². The van der Waals surface area contributed by atoms with Gasteiger partial charge in [0.25, 0.3) is 0 Å². The first-order valence-corrected chi connectivity index (χ1v) is 8.40. The van der Waals surface area contributed by atoms with E-state index < -0.39 is 11.6 Å². The Balaban J connectivity index is 1.99. The first-order chi connectivity index (χ1) is 10.1. The van der Waals surface area contributed by atoms with Crippen LogP contribution in [0.2, 0.25) is 0 Å². The van der Waals surface area contributed by atoms with E-state index in [0.29, 0.717) is 18.0 Å². The van der Waals surface area contributed by atoms with Crippen molar-refractivity contribution in [2.45, 2.75) is 32.2 Å². The predicted molar refractivity (Wildman–Crippen MR) is 85.2 cm³/mol. The number of halogens is 2. The number of benzene rings is 1. The third-order valence-electron chi connectivity index (χ3n) is 3.73. The Kier molecular flexibility index (Phi) is 6.26. The van der Waals surface area contributed by atoms with Gasteiger partial charge in [0.2, 0.25) is 0 Å². The van der Waals surface area contributed by atoms with Gasteiger partial charge in [-0.15, -0.1) is 0 Å². The van der Waals surface area contributed by atoms with Crippen LogP contribution in [0.5, 0.6) is 0 Å². The summed E-state index contributed by atoms with van der Waals surface area (Å²) in [5.41, 5.74) is 5.92. The van der Waals surface area contributed by atoms with E-state index in [4.69, 9.17) is 5.73 Å². The van der Waals surface area contributed by atoms with E-state index >= 15 is 0 Å². The van der Waals surface area contributed by atoms with Crippen molar-refractivity contribution in [2.75, 3.05) is 31.1 Å². The number of piperazine rings is 1. The van der Waals surface area contributed by atoms with Gasteiger partial charge in [0.1, 0.15) is 11.6 Å². The lowest BCUT2D eigenvalue weighted by atomic mass is 10.0. The summed E-state index contributed by atoms with van der Waals surface area (Å²) >= 11 is 1.85. The summed E-state index contributed by atoms with van der Waals surface area (Å²) in [7, 11) is 0. The number of nitrogens with two attached hydrogens (primary N) is 1. The van der Waals surface area contributed by atoms with Crippen molar-refractivity contribution in [3.8, 4) is 0 Å². The molecular formula is C15H23F2N3S. The zero-order chi connectivity index (χ0) is 15.2. The molecule has 1 atom stereocenters. The van der Waals surface area contributed by atoms with E-state index in [-0.39, 0.29) is 5.69 Å². The Morgan fingerprint density at radius 2 is 2.14 bits per heavy atom. The maximum atomic E-state index is 13.8. The highest BCUT2D eigenvalue weighted by Gasteiger charge is 2.23. The van der Waals surface area contributed by atoms with Gasteiger partial charge in [-0.1, -0.05) is 18.9 Å². The molecule has 1 aromatic carbocycles. The standard InChI is InChI=1S/C15H23F2N3S/c1-2-9-21-20-8-7-19-10-11(20)3-4-12-13(16)5-6-14(17)15(12)18/h5-6,11,19H,2-4,7-10,18H2,1H3. The predicted octanol–water partition coefficient (Wildman–Crippen LogP) is 2.81. The fourth-order valence-electron chi connectivity index (χ4n) is 2.54. The Hall–Kier alpha value is -0.850. The SMILES string of the molecule is CCCSN1CCNCC1CCc1c(F)ccc(F)c1N. The molecule has 118 valence electrons. The molecule has 1 aliphatic heterocycles. The summed E-state index contributed by atoms with van der Waals surface area (Å²) in [6, 6.07) is 2.57. The minimum Gasteiger partial charge on any atom is -0.396 e. The third kappa shape index (κ3) is 4.31. The van der Waals surface area contributed by atoms with Crippen LogP contribution in [-0.2, 0) is 6.42 Å². The topological polar surface area (TPSA) is 41.3 Å². The van der Waals surface area contributed by atoms with Crippen LogP contribution in [-0.4, -0.2) is 35.7 Å². The fourth-order valence-corrected chi connectivity index (χ4v) is 3.57. The highest BCUT2D eigenvalue weighted by molar-refractivity contribution is 7.97. The number of hydrogen-bond donors (Lipinski definition) is 2. The molecular weight excluding hydrogens is 292 g/mol. The third-order valence-corrected chi connectivity index (χ3v) is 5.13. The smallest absolute Gasteiger partial charge is 0.146 e. The van der Waals surface area contributed by atoms with E-state index in [2.05, 4.69) is 16.5 Å². The molecule has 2 rings (SSSR count). The van der Waals surface area contributed by atoms with E-state index in [0.717, 1.165) is 50.4 Å². The van der Waals surface area contributed by atoms with Crippen LogP contribution in [0.3, 0.4) is 0 Å². The summed E-state index contributed by atoms with van der Waals surface area (Å²) in [6.07, 6.45) is 2.37. The summed E-state index contributed by atoms with van der Waals surface area (Å²) < 4.78 is 29.6. The van der Waals surface area contributed by atoms with Crippen LogP contribution in [0.15, 0.2) is 12.1 Å². The molecule has 1 fully saturated rings. The van der Waals surface area contributed by atoms with Crippen LogP contribution in [0.4, 0.5) is 14.5 Å². The maximum Gasteiger partial charge on any atom is 0.146 e. The monoisotopic (exact) mass is 315 g/mol. The number of rotatable bonds is 6. The Morgan fingerprint density at radius 1 is 1.38 bits per heavy atom. The molecule has 0 aromatic heterocycles. The molecule has 0 bridgehead atoms. The lowest BCUT2D eigenvalue weighted by Gasteiger charge is -2.35.